The number of carbonyl (C=O) groups excluding carboxylic acids is 3. The minimum atomic E-state index is -0.433. The highest BCUT2D eigenvalue weighted by Gasteiger charge is 2.10. The molecule has 0 aliphatic heterocycles. The van der Waals surface area contributed by atoms with Crippen LogP contribution in [0.15, 0.2) is 66.0 Å². The van der Waals surface area contributed by atoms with E-state index in [-0.39, 0.29) is 18.4 Å². The van der Waals surface area contributed by atoms with Gasteiger partial charge in [0.05, 0.1) is 17.0 Å². The fourth-order valence-electron chi connectivity index (χ4n) is 2.59. The third kappa shape index (κ3) is 5.52. The first kappa shape index (κ1) is 20.3. The summed E-state index contributed by atoms with van der Waals surface area (Å²) in [5.41, 5.74) is 2.24. The summed E-state index contributed by atoms with van der Waals surface area (Å²) in [4.78, 5) is 36.9. The summed E-state index contributed by atoms with van der Waals surface area (Å²) in [7, 11) is 0. The lowest BCUT2D eigenvalue weighted by Crippen LogP contribution is -2.21. The molecule has 1 aromatic heterocycles. The first-order valence-corrected chi connectivity index (χ1v) is 9.94. The van der Waals surface area contributed by atoms with Crippen molar-refractivity contribution in [2.24, 2.45) is 0 Å². The molecule has 0 saturated heterocycles. The van der Waals surface area contributed by atoms with Gasteiger partial charge in [-0.25, -0.2) is 4.79 Å². The number of carbonyl (C=O) groups is 3. The van der Waals surface area contributed by atoms with E-state index in [0.29, 0.717) is 28.2 Å². The third-order valence-electron chi connectivity index (χ3n) is 4.05. The van der Waals surface area contributed by atoms with E-state index in [1.54, 1.807) is 61.5 Å². The van der Waals surface area contributed by atoms with Gasteiger partial charge >= 0.3 is 5.97 Å². The number of esters is 1. The molecule has 0 fully saturated rings. The molecule has 1 heterocycles. The van der Waals surface area contributed by atoms with Crippen molar-refractivity contribution in [2.75, 3.05) is 11.9 Å². The minimum Gasteiger partial charge on any atom is -0.462 e. The van der Waals surface area contributed by atoms with E-state index < -0.39 is 5.97 Å². The molecule has 0 aliphatic carbocycles. The van der Waals surface area contributed by atoms with Crippen molar-refractivity contribution in [3.05, 3.63) is 87.6 Å². The van der Waals surface area contributed by atoms with Gasteiger partial charge in [0.25, 0.3) is 11.8 Å². The molecule has 148 valence electrons. The van der Waals surface area contributed by atoms with Gasteiger partial charge in [0.15, 0.2) is 0 Å². The Bertz CT molecular complexity index is 998. The Morgan fingerprint density at radius 3 is 2.41 bits per heavy atom. The van der Waals surface area contributed by atoms with Crippen LogP contribution in [0.3, 0.4) is 0 Å². The van der Waals surface area contributed by atoms with Crippen molar-refractivity contribution in [1.82, 2.24) is 5.32 Å². The number of ether oxygens (including phenoxy) is 1. The third-order valence-corrected chi connectivity index (χ3v) is 4.91. The first-order valence-electron chi connectivity index (χ1n) is 9.06. The van der Waals surface area contributed by atoms with Crippen LogP contribution < -0.4 is 10.6 Å². The lowest BCUT2D eigenvalue weighted by atomic mass is 10.1. The lowest BCUT2D eigenvalue weighted by Gasteiger charge is -2.08. The molecule has 2 N–H and O–H groups in total. The summed E-state index contributed by atoms with van der Waals surface area (Å²) in [5, 5.41) is 7.46. The minimum absolute atomic E-state index is 0.122. The van der Waals surface area contributed by atoms with Gasteiger partial charge in [-0.15, -0.1) is 11.3 Å². The van der Waals surface area contributed by atoms with Gasteiger partial charge in [-0.2, -0.15) is 0 Å². The van der Waals surface area contributed by atoms with Crippen molar-refractivity contribution in [1.29, 1.82) is 0 Å². The maximum Gasteiger partial charge on any atom is 0.338 e. The van der Waals surface area contributed by atoms with Gasteiger partial charge in [-0.3, -0.25) is 9.59 Å². The maximum absolute atomic E-state index is 12.5. The summed E-state index contributed by atoms with van der Waals surface area (Å²) in [6.45, 7) is 2.40. The SMILES string of the molecule is CCOC(=O)c1cccc(NC(=O)c2ccc(CNC(=O)c3cccs3)cc2)c1. The number of thiophene rings is 1. The molecule has 3 aromatic rings. The van der Waals surface area contributed by atoms with Crippen LogP contribution in [0.4, 0.5) is 5.69 Å². The Hall–Kier alpha value is -3.45. The van der Waals surface area contributed by atoms with E-state index in [1.807, 2.05) is 11.4 Å². The molecule has 2 amide bonds. The van der Waals surface area contributed by atoms with Crippen LogP contribution in [0.25, 0.3) is 0 Å². The maximum atomic E-state index is 12.5. The summed E-state index contributed by atoms with van der Waals surface area (Å²) in [6.07, 6.45) is 0. The average molecular weight is 408 g/mol. The van der Waals surface area contributed by atoms with Crippen LogP contribution in [0, 0.1) is 0 Å². The van der Waals surface area contributed by atoms with Crippen LogP contribution >= 0.6 is 11.3 Å². The molecule has 0 radical (unpaired) electrons. The number of benzene rings is 2. The number of amides is 2. The Morgan fingerprint density at radius 2 is 1.72 bits per heavy atom. The fraction of sp³-hybridized carbons (Fsp3) is 0.136. The monoisotopic (exact) mass is 408 g/mol. The summed E-state index contributed by atoms with van der Waals surface area (Å²) >= 11 is 1.38. The zero-order valence-electron chi connectivity index (χ0n) is 15.8. The highest BCUT2D eigenvalue weighted by molar-refractivity contribution is 7.12. The quantitative estimate of drug-likeness (QED) is 0.576. The van der Waals surface area contributed by atoms with Crippen molar-refractivity contribution in [3.8, 4) is 0 Å². The molecule has 29 heavy (non-hydrogen) atoms. The fourth-order valence-corrected chi connectivity index (χ4v) is 3.23. The van der Waals surface area contributed by atoms with Crippen molar-refractivity contribution >= 4 is 34.8 Å². The zero-order chi connectivity index (χ0) is 20.6. The Labute approximate surface area is 172 Å². The Kier molecular flexibility index (Phi) is 6.76. The molecule has 0 spiro atoms. The van der Waals surface area contributed by atoms with Crippen LogP contribution in [0.5, 0.6) is 0 Å². The topological polar surface area (TPSA) is 84.5 Å². The van der Waals surface area contributed by atoms with E-state index in [1.165, 1.54) is 11.3 Å². The Morgan fingerprint density at radius 1 is 0.931 bits per heavy atom. The second-order valence-electron chi connectivity index (χ2n) is 6.11. The van der Waals surface area contributed by atoms with Gasteiger partial charge in [-0.05, 0) is 54.3 Å². The first-order chi connectivity index (χ1) is 14.1. The zero-order valence-corrected chi connectivity index (χ0v) is 16.6. The van der Waals surface area contributed by atoms with Crippen LogP contribution in [0.2, 0.25) is 0 Å². The molecular weight excluding hydrogens is 388 g/mol. The van der Waals surface area contributed by atoms with Crippen LogP contribution in [0.1, 0.15) is 42.9 Å². The second kappa shape index (κ2) is 9.66. The van der Waals surface area contributed by atoms with E-state index >= 15 is 0 Å². The molecule has 0 bridgehead atoms. The predicted molar refractivity (Wildman–Crippen MR) is 112 cm³/mol. The molecule has 2 aromatic carbocycles. The summed E-state index contributed by atoms with van der Waals surface area (Å²) in [5.74, 6) is -0.846. The highest BCUT2D eigenvalue weighted by atomic mass is 32.1. The standard InChI is InChI=1S/C22H20N2O4S/c1-2-28-22(27)17-5-3-6-18(13-17)24-20(25)16-10-8-15(9-11-16)14-23-21(26)19-7-4-12-29-19/h3-13H,2,14H2,1H3,(H,23,26)(H,24,25). The summed E-state index contributed by atoms with van der Waals surface area (Å²) in [6, 6.07) is 17.2. The van der Waals surface area contributed by atoms with Gasteiger partial charge in [0.2, 0.25) is 0 Å². The number of hydrogen-bond acceptors (Lipinski definition) is 5. The van der Waals surface area contributed by atoms with Gasteiger partial charge in [-0.1, -0.05) is 24.3 Å². The van der Waals surface area contributed by atoms with E-state index in [9.17, 15) is 14.4 Å². The van der Waals surface area contributed by atoms with E-state index in [4.69, 9.17) is 4.74 Å². The van der Waals surface area contributed by atoms with Gasteiger partial charge < -0.3 is 15.4 Å². The van der Waals surface area contributed by atoms with Gasteiger partial charge in [0.1, 0.15) is 0 Å². The molecule has 0 atom stereocenters. The largest absolute Gasteiger partial charge is 0.462 e. The van der Waals surface area contributed by atoms with Crippen LogP contribution in [-0.4, -0.2) is 24.4 Å². The number of hydrogen-bond donors (Lipinski definition) is 2. The summed E-state index contributed by atoms with van der Waals surface area (Å²) < 4.78 is 4.97. The number of nitrogens with one attached hydrogen (secondary N) is 2. The second-order valence-corrected chi connectivity index (χ2v) is 7.06. The number of rotatable bonds is 7. The molecule has 0 unspecified atom stereocenters. The van der Waals surface area contributed by atoms with E-state index in [0.717, 1.165) is 5.56 Å². The lowest BCUT2D eigenvalue weighted by molar-refractivity contribution is 0.0526. The molecule has 0 aliphatic rings. The van der Waals surface area contributed by atoms with Crippen molar-refractivity contribution < 1.29 is 19.1 Å². The van der Waals surface area contributed by atoms with Gasteiger partial charge in [0, 0.05) is 17.8 Å². The van der Waals surface area contributed by atoms with Crippen molar-refractivity contribution in [2.45, 2.75) is 13.5 Å². The normalized spacial score (nSPS) is 10.2. The predicted octanol–water partition coefficient (Wildman–Crippen LogP) is 4.11. The Balaban J connectivity index is 1.58. The van der Waals surface area contributed by atoms with E-state index in [2.05, 4.69) is 10.6 Å². The molecule has 7 heteroatoms. The molecule has 6 nitrogen and oxygen atoms in total. The molecule has 0 saturated carbocycles. The number of anilines is 1. The molecular formula is C22H20N2O4S. The highest BCUT2D eigenvalue weighted by Crippen LogP contribution is 2.14. The van der Waals surface area contributed by atoms with Crippen molar-refractivity contribution in [3.63, 3.8) is 0 Å². The smallest absolute Gasteiger partial charge is 0.338 e. The average Bonchev–Trinajstić information content (AvgIpc) is 3.28. The molecule has 3 rings (SSSR count). The van der Waals surface area contributed by atoms with Crippen LogP contribution in [-0.2, 0) is 11.3 Å².